The van der Waals surface area contributed by atoms with Gasteiger partial charge in [0.1, 0.15) is 0 Å². The Labute approximate surface area is 87.5 Å². The van der Waals surface area contributed by atoms with E-state index in [0.717, 1.165) is 11.4 Å². The average Bonchev–Trinajstić information content (AvgIpc) is 2.15. The molecule has 1 aromatic rings. The van der Waals surface area contributed by atoms with E-state index in [4.69, 9.17) is 11.6 Å². The van der Waals surface area contributed by atoms with Crippen LogP contribution in [-0.2, 0) is 0 Å². The topological polar surface area (TPSA) is 0 Å². The van der Waals surface area contributed by atoms with Crippen LogP contribution in [0.4, 0.5) is 0 Å². The lowest BCUT2D eigenvalue weighted by Gasteiger charge is -2.14. The van der Waals surface area contributed by atoms with Gasteiger partial charge in [-0.25, -0.2) is 0 Å². The molecule has 0 N–H and O–H groups in total. The average molecular weight is 213 g/mol. The first-order chi connectivity index (χ1) is 6.24. The second-order valence-corrected chi connectivity index (χ2v) is 7.66. The van der Waals surface area contributed by atoms with Crippen LogP contribution in [0.1, 0.15) is 13.8 Å². The van der Waals surface area contributed by atoms with Gasteiger partial charge in [0.15, 0.2) is 0 Å². The van der Waals surface area contributed by atoms with E-state index in [9.17, 15) is 0 Å². The zero-order valence-corrected chi connectivity index (χ0v) is 10.2. The summed E-state index contributed by atoms with van der Waals surface area (Å²) in [6.07, 6.45) is 0. The molecule has 0 heterocycles. The zero-order chi connectivity index (χ0) is 9.68. The summed E-state index contributed by atoms with van der Waals surface area (Å²) in [5, 5.41) is 1.51. The van der Waals surface area contributed by atoms with Gasteiger partial charge in [0.05, 0.1) is 8.80 Å². The number of benzene rings is 1. The predicted octanol–water partition coefficient (Wildman–Crippen LogP) is 2.55. The summed E-state index contributed by atoms with van der Waals surface area (Å²) < 4.78 is 0. The Bertz CT molecular complexity index is 233. The van der Waals surface area contributed by atoms with Crippen LogP contribution in [0.2, 0.25) is 6.04 Å². The molecule has 0 aromatic heterocycles. The Morgan fingerprint density at radius 1 is 1.23 bits per heavy atom. The monoisotopic (exact) mass is 212 g/mol. The first kappa shape index (κ1) is 10.8. The van der Waals surface area contributed by atoms with Gasteiger partial charge in [0.2, 0.25) is 0 Å². The maximum Gasteiger partial charge on any atom is 0.0870 e. The highest BCUT2D eigenvalue weighted by Crippen LogP contribution is 2.07. The summed E-state index contributed by atoms with van der Waals surface area (Å²) in [6, 6.07) is 12.1. The third-order valence-corrected chi connectivity index (χ3v) is 6.54. The van der Waals surface area contributed by atoms with Crippen molar-refractivity contribution in [2.45, 2.75) is 19.9 Å². The molecule has 1 aromatic carbocycles. The smallest absolute Gasteiger partial charge is 0.0870 e. The maximum absolute atomic E-state index is 6.01. The Morgan fingerprint density at radius 2 is 1.85 bits per heavy atom. The van der Waals surface area contributed by atoms with E-state index in [1.807, 2.05) is 0 Å². The minimum absolute atomic E-state index is 0.774. The van der Waals surface area contributed by atoms with Crippen LogP contribution in [0.15, 0.2) is 30.3 Å². The van der Waals surface area contributed by atoms with Crippen LogP contribution in [0.5, 0.6) is 0 Å². The van der Waals surface area contributed by atoms with E-state index in [-0.39, 0.29) is 0 Å². The van der Waals surface area contributed by atoms with Crippen molar-refractivity contribution >= 4 is 25.6 Å². The Hall–Kier alpha value is -0.273. The van der Waals surface area contributed by atoms with E-state index in [2.05, 4.69) is 44.2 Å². The molecule has 0 aliphatic carbocycles. The Balaban J connectivity index is 2.67. The highest BCUT2D eigenvalue weighted by atomic mass is 35.5. The number of hydrogen-bond donors (Lipinski definition) is 0. The van der Waals surface area contributed by atoms with Crippen molar-refractivity contribution in [2.24, 2.45) is 5.92 Å². The molecule has 1 atom stereocenters. The van der Waals surface area contributed by atoms with Gasteiger partial charge in [-0.1, -0.05) is 55.4 Å². The summed E-state index contributed by atoms with van der Waals surface area (Å²) >= 11 is 6.01. The second-order valence-electron chi connectivity index (χ2n) is 3.89. The van der Waals surface area contributed by atoms with Crippen molar-refractivity contribution in [1.29, 1.82) is 0 Å². The summed E-state index contributed by atoms with van der Waals surface area (Å²) in [7, 11) is -0.864. The van der Waals surface area contributed by atoms with Gasteiger partial charge in [-0.3, -0.25) is 0 Å². The minimum Gasteiger partial charge on any atom is -0.130 e. The first-order valence-electron chi connectivity index (χ1n) is 4.85. The van der Waals surface area contributed by atoms with Crippen molar-refractivity contribution < 1.29 is 0 Å². The Morgan fingerprint density at radius 3 is 2.31 bits per heavy atom. The fourth-order valence-corrected chi connectivity index (χ4v) is 4.98. The predicted molar refractivity (Wildman–Crippen MR) is 63.6 cm³/mol. The maximum atomic E-state index is 6.01. The summed E-state index contributed by atoms with van der Waals surface area (Å²) in [6.45, 7) is 4.55. The minimum atomic E-state index is -0.864. The lowest BCUT2D eigenvalue weighted by Crippen LogP contribution is -2.33. The third kappa shape index (κ3) is 3.53. The van der Waals surface area contributed by atoms with Crippen LogP contribution in [-0.4, -0.2) is 14.3 Å². The van der Waals surface area contributed by atoms with Crippen molar-refractivity contribution in [1.82, 2.24) is 0 Å². The fourth-order valence-electron chi connectivity index (χ4n) is 1.58. The molecule has 0 spiro atoms. The number of hydrogen-bond acceptors (Lipinski definition) is 0. The van der Waals surface area contributed by atoms with Crippen LogP contribution in [0, 0.1) is 5.92 Å². The molecular weight excluding hydrogens is 196 g/mol. The molecule has 0 aliphatic rings. The number of halogens is 1. The van der Waals surface area contributed by atoms with Gasteiger partial charge in [-0.2, -0.15) is 0 Å². The van der Waals surface area contributed by atoms with Crippen molar-refractivity contribution in [2.75, 3.05) is 5.50 Å². The van der Waals surface area contributed by atoms with Gasteiger partial charge in [-0.15, -0.1) is 11.6 Å². The van der Waals surface area contributed by atoms with Gasteiger partial charge < -0.3 is 0 Å². The van der Waals surface area contributed by atoms with Gasteiger partial charge >= 0.3 is 0 Å². The lowest BCUT2D eigenvalue weighted by molar-refractivity contribution is 0.728. The molecule has 0 radical (unpaired) electrons. The largest absolute Gasteiger partial charge is 0.130 e. The molecule has 0 saturated carbocycles. The van der Waals surface area contributed by atoms with Crippen LogP contribution in [0.25, 0.3) is 0 Å². The normalized spacial score (nSPS) is 13.2. The zero-order valence-electron chi connectivity index (χ0n) is 8.33. The molecule has 2 heteroatoms. The molecule has 0 amide bonds. The van der Waals surface area contributed by atoms with Crippen LogP contribution < -0.4 is 5.19 Å². The van der Waals surface area contributed by atoms with E-state index >= 15 is 0 Å². The van der Waals surface area contributed by atoms with Crippen LogP contribution in [0.3, 0.4) is 0 Å². The third-order valence-electron chi connectivity index (χ3n) is 2.21. The molecule has 0 nitrogen and oxygen atoms in total. The quantitative estimate of drug-likeness (QED) is 0.532. The molecule has 0 aliphatic heterocycles. The van der Waals surface area contributed by atoms with Crippen LogP contribution >= 0.6 is 11.6 Å². The Kier molecular flexibility index (Phi) is 4.53. The highest BCUT2D eigenvalue weighted by Gasteiger charge is 2.13. The van der Waals surface area contributed by atoms with E-state index in [1.54, 1.807) is 0 Å². The molecule has 1 rings (SSSR count). The molecule has 1 unspecified atom stereocenters. The standard InChI is InChI=1S/C11H17ClSi/c1-10(2)8-13(9-12)11-6-4-3-5-7-11/h3-7,10,13H,8-9H2,1-2H3. The van der Waals surface area contributed by atoms with Crippen molar-refractivity contribution in [3.63, 3.8) is 0 Å². The highest BCUT2D eigenvalue weighted by molar-refractivity contribution is 6.79. The summed E-state index contributed by atoms with van der Waals surface area (Å²) in [4.78, 5) is 0. The van der Waals surface area contributed by atoms with Gasteiger partial charge in [0.25, 0.3) is 0 Å². The molecule has 72 valence electrons. The fraction of sp³-hybridized carbons (Fsp3) is 0.455. The molecule has 13 heavy (non-hydrogen) atoms. The summed E-state index contributed by atoms with van der Waals surface area (Å²) in [5.74, 6) is 0.774. The molecule has 0 saturated heterocycles. The molecule has 0 bridgehead atoms. The number of alkyl halides is 1. The SMILES string of the molecule is CC(C)C[SiH](CCl)c1ccccc1. The van der Waals surface area contributed by atoms with E-state index in [1.165, 1.54) is 11.2 Å². The van der Waals surface area contributed by atoms with Crippen molar-refractivity contribution in [3.8, 4) is 0 Å². The van der Waals surface area contributed by atoms with Gasteiger partial charge in [0, 0.05) is 5.50 Å². The molecular formula is C11H17ClSi. The number of rotatable bonds is 4. The second kappa shape index (κ2) is 5.46. The first-order valence-corrected chi connectivity index (χ1v) is 7.59. The summed E-state index contributed by atoms with van der Waals surface area (Å²) in [5.41, 5.74) is 0.863. The van der Waals surface area contributed by atoms with E-state index < -0.39 is 8.80 Å². The molecule has 0 fully saturated rings. The lowest BCUT2D eigenvalue weighted by atomic mass is 10.3. The van der Waals surface area contributed by atoms with E-state index in [0.29, 0.717) is 0 Å². The van der Waals surface area contributed by atoms with Crippen molar-refractivity contribution in [3.05, 3.63) is 30.3 Å². The van der Waals surface area contributed by atoms with Gasteiger partial charge in [-0.05, 0) is 5.92 Å².